The highest BCUT2D eigenvalue weighted by Crippen LogP contribution is 2.17. The first-order chi connectivity index (χ1) is 10.7. The van der Waals surface area contributed by atoms with E-state index in [9.17, 15) is 0 Å². The van der Waals surface area contributed by atoms with E-state index < -0.39 is 0 Å². The van der Waals surface area contributed by atoms with Crippen LogP contribution in [-0.2, 0) is 6.42 Å². The zero-order chi connectivity index (χ0) is 15.8. The van der Waals surface area contributed by atoms with Crippen molar-refractivity contribution >= 4 is 23.8 Å². The molecule has 2 rings (SSSR count). The van der Waals surface area contributed by atoms with Gasteiger partial charge in [0.2, 0.25) is 0 Å². The predicted octanol–water partition coefficient (Wildman–Crippen LogP) is 6.16. The molecular weight excluding hydrogens is 292 g/mol. The van der Waals surface area contributed by atoms with Crippen molar-refractivity contribution in [2.45, 2.75) is 38.7 Å². The van der Waals surface area contributed by atoms with Crippen molar-refractivity contribution in [2.24, 2.45) is 0 Å². The molecule has 0 bridgehead atoms. The van der Waals surface area contributed by atoms with Gasteiger partial charge < -0.3 is 4.74 Å². The van der Waals surface area contributed by atoms with Gasteiger partial charge in [-0.05, 0) is 48.6 Å². The zero-order valence-corrected chi connectivity index (χ0v) is 14.0. The number of alkyl halides is 1. The van der Waals surface area contributed by atoms with Gasteiger partial charge in [0.15, 0.2) is 5.56 Å². The summed E-state index contributed by atoms with van der Waals surface area (Å²) in [5.41, 5.74) is 3.46. The third-order valence-electron chi connectivity index (χ3n) is 3.45. The Labute approximate surface area is 138 Å². The van der Waals surface area contributed by atoms with Crippen LogP contribution in [0.5, 0.6) is 5.75 Å². The fourth-order valence-corrected chi connectivity index (χ4v) is 2.32. The maximum atomic E-state index is 5.80. The van der Waals surface area contributed by atoms with Gasteiger partial charge in [0.25, 0.3) is 0 Å². The summed E-state index contributed by atoms with van der Waals surface area (Å²) in [4.78, 5) is 0. The molecule has 1 unspecified atom stereocenters. The molecule has 0 amide bonds. The van der Waals surface area contributed by atoms with Crippen molar-refractivity contribution in [3.63, 3.8) is 0 Å². The molecule has 0 radical (unpaired) electrons. The van der Waals surface area contributed by atoms with Gasteiger partial charge in [0.1, 0.15) is 5.75 Å². The molecule has 0 aliphatic rings. The summed E-state index contributed by atoms with van der Waals surface area (Å²) < 4.78 is 5.42. The van der Waals surface area contributed by atoms with Crippen LogP contribution in [-0.4, -0.2) is 5.56 Å². The van der Waals surface area contributed by atoms with E-state index in [-0.39, 0.29) is 5.56 Å². The standard InChI is InChI=1S/C20H23ClO/c1-3-4-5-17-6-8-18(9-7-17)10-11-19-12-14-20(15-13-19)22-16(2)21/h6-16H,3-5H2,1-2H3. The van der Waals surface area contributed by atoms with Crippen molar-refractivity contribution < 1.29 is 4.74 Å². The number of hydrogen-bond donors (Lipinski definition) is 0. The fourth-order valence-electron chi connectivity index (χ4n) is 2.21. The minimum atomic E-state index is -0.312. The molecule has 0 N–H and O–H groups in total. The van der Waals surface area contributed by atoms with Gasteiger partial charge in [-0.3, -0.25) is 0 Å². The molecule has 0 heterocycles. The van der Waals surface area contributed by atoms with E-state index in [0.717, 1.165) is 11.3 Å². The maximum Gasteiger partial charge on any atom is 0.169 e. The molecular formula is C20H23ClO. The first kappa shape index (κ1) is 16.6. The van der Waals surface area contributed by atoms with Crippen molar-refractivity contribution in [3.05, 3.63) is 65.2 Å². The lowest BCUT2D eigenvalue weighted by Crippen LogP contribution is -2.01. The monoisotopic (exact) mass is 314 g/mol. The number of benzene rings is 2. The van der Waals surface area contributed by atoms with Gasteiger partial charge in [0.05, 0.1) is 0 Å². The molecule has 1 nitrogen and oxygen atoms in total. The topological polar surface area (TPSA) is 9.23 Å². The molecule has 116 valence electrons. The second kappa shape index (κ2) is 8.65. The Balaban J connectivity index is 1.96. The van der Waals surface area contributed by atoms with E-state index in [4.69, 9.17) is 16.3 Å². The van der Waals surface area contributed by atoms with E-state index >= 15 is 0 Å². The van der Waals surface area contributed by atoms with E-state index in [1.165, 1.54) is 30.4 Å². The van der Waals surface area contributed by atoms with Crippen LogP contribution < -0.4 is 4.74 Å². The molecule has 2 aromatic carbocycles. The van der Waals surface area contributed by atoms with Crippen molar-refractivity contribution in [1.82, 2.24) is 0 Å². The number of unbranched alkanes of at least 4 members (excludes halogenated alkanes) is 1. The molecule has 22 heavy (non-hydrogen) atoms. The van der Waals surface area contributed by atoms with Crippen LogP contribution in [0.25, 0.3) is 12.2 Å². The summed E-state index contributed by atoms with van der Waals surface area (Å²) in [5, 5.41) is 0. The summed E-state index contributed by atoms with van der Waals surface area (Å²) in [6, 6.07) is 16.7. The van der Waals surface area contributed by atoms with E-state index in [2.05, 4.69) is 43.3 Å². The third-order valence-corrected chi connectivity index (χ3v) is 3.53. The lowest BCUT2D eigenvalue weighted by molar-refractivity contribution is 0.301. The molecule has 0 saturated carbocycles. The molecule has 2 aromatic rings. The molecule has 2 heteroatoms. The Bertz CT molecular complexity index is 582. The highest BCUT2D eigenvalue weighted by molar-refractivity contribution is 6.19. The normalized spacial score (nSPS) is 12.5. The van der Waals surface area contributed by atoms with Crippen LogP contribution in [0.3, 0.4) is 0 Å². The Morgan fingerprint density at radius 2 is 1.50 bits per heavy atom. The SMILES string of the molecule is CCCCc1ccc(C=Cc2ccc(OC(C)Cl)cc2)cc1. The Hall–Kier alpha value is -1.73. The second-order valence-electron chi connectivity index (χ2n) is 5.41. The number of halogens is 1. The van der Waals surface area contributed by atoms with Crippen molar-refractivity contribution in [2.75, 3.05) is 0 Å². The van der Waals surface area contributed by atoms with Crippen molar-refractivity contribution in [3.8, 4) is 5.75 Å². The van der Waals surface area contributed by atoms with Crippen molar-refractivity contribution in [1.29, 1.82) is 0 Å². The van der Waals surface area contributed by atoms with E-state index in [1.54, 1.807) is 6.92 Å². The Morgan fingerprint density at radius 3 is 2.00 bits per heavy atom. The fraction of sp³-hybridized carbons (Fsp3) is 0.300. The first-order valence-corrected chi connectivity index (χ1v) is 8.29. The van der Waals surface area contributed by atoms with Crippen LogP contribution in [0.2, 0.25) is 0 Å². The van der Waals surface area contributed by atoms with Gasteiger partial charge in [-0.25, -0.2) is 0 Å². The zero-order valence-electron chi connectivity index (χ0n) is 13.3. The number of rotatable bonds is 7. The smallest absolute Gasteiger partial charge is 0.169 e. The molecule has 0 spiro atoms. The highest BCUT2D eigenvalue weighted by Gasteiger charge is 1.98. The van der Waals surface area contributed by atoms with Gasteiger partial charge in [-0.1, -0.05) is 73.5 Å². The van der Waals surface area contributed by atoms with Gasteiger partial charge >= 0.3 is 0 Å². The average molecular weight is 315 g/mol. The molecule has 0 fully saturated rings. The summed E-state index contributed by atoms with van der Waals surface area (Å²) >= 11 is 5.80. The third kappa shape index (κ3) is 5.57. The average Bonchev–Trinajstić information content (AvgIpc) is 2.53. The largest absolute Gasteiger partial charge is 0.475 e. The van der Waals surface area contributed by atoms with Gasteiger partial charge in [-0.2, -0.15) is 0 Å². The number of hydrogen-bond acceptors (Lipinski definition) is 1. The maximum absolute atomic E-state index is 5.80. The summed E-state index contributed by atoms with van der Waals surface area (Å²) in [7, 11) is 0. The molecule has 1 atom stereocenters. The lowest BCUT2D eigenvalue weighted by Gasteiger charge is -2.07. The summed E-state index contributed by atoms with van der Waals surface area (Å²) in [6.07, 6.45) is 7.90. The molecule has 0 aliphatic heterocycles. The van der Waals surface area contributed by atoms with Crippen LogP contribution in [0, 0.1) is 0 Å². The molecule has 0 aromatic heterocycles. The summed E-state index contributed by atoms with van der Waals surface area (Å²) in [5.74, 6) is 0.792. The Kier molecular flexibility index (Phi) is 6.54. The van der Waals surface area contributed by atoms with Crippen LogP contribution in [0.15, 0.2) is 48.5 Å². The first-order valence-electron chi connectivity index (χ1n) is 7.85. The molecule has 0 saturated heterocycles. The van der Waals surface area contributed by atoms with Crippen LogP contribution in [0.4, 0.5) is 0 Å². The lowest BCUT2D eigenvalue weighted by atomic mass is 10.1. The second-order valence-corrected chi connectivity index (χ2v) is 6.02. The van der Waals surface area contributed by atoms with Gasteiger partial charge in [-0.15, -0.1) is 0 Å². The van der Waals surface area contributed by atoms with Gasteiger partial charge in [0, 0.05) is 0 Å². The number of aryl methyl sites for hydroxylation is 1. The minimum Gasteiger partial charge on any atom is -0.475 e. The highest BCUT2D eigenvalue weighted by atomic mass is 35.5. The van der Waals surface area contributed by atoms with E-state index in [0.29, 0.717) is 0 Å². The minimum absolute atomic E-state index is 0.312. The number of ether oxygens (including phenoxy) is 1. The van der Waals surface area contributed by atoms with Crippen LogP contribution in [0.1, 0.15) is 43.4 Å². The Morgan fingerprint density at radius 1 is 0.955 bits per heavy atom. The predicted molar refractivity (Wildman–Crippen MR) is 96.4 cm³/mol. The van der Waals surface area contributed by atoms with Crippen LogP contribution >= 0.6 is 11.6 Å². The van der Waals surface area contributed by atoms with E-state index in [1.807, 2.05) is 24.3 Å². The summed E-state index contributed by atoms with van der Waals surface area (Å²) in [6.45, 7) is 4.03. The quantitative estimate of drug-likeness (QED) is 0.439. The molecule has 0 aliphatic carbocycles.